The van der Waals surface area contributed by atoms with Crippen LogP contribution in [0.25, 0.3) is 0 Å². The van der Waals surface area contributed by atoms with Crippen molar-refractivity contribution in [2.75, 3.05) is 6.54 Å². The van der Waals surface area contributed by atoms with E-state index in [1.165, 1.54) is 24.3 Å². The van der Waals surface area contributed by atoms with Gasteiger partial charge in [-0.25, -0.2) is 18.0 Å². The number of carbonyl (C=O) groups is 3. The zero-order valence-electron chi connectivity index (χ0n) is 15.7. The highest BCUT2D eigenvalue weighted by Gasteiger charge is 2.52. The van der Waals surface area contributed by atoms with E-state index in [9.17, 15) is 27.6 Å². The van der Waals surface area contributed by atoms with Crippen molar-refractivity contribution in [2.24, 2.45) is 0 Å². The van der Waals surface area contributed by atoms with Crippen molar-refractivity contribution >= 4 is 17.7 Å². The third-order valence-electron chi connectivity index (χ3n) is 4.96. The van der Waals surface area contributed by atoms with Crippen molar-refractivity contribution in [2.45, 2.75) is 31.7 Å². The lowest BCUT2D eigenvalue weighted by Gasteiger charge is -2.27. The largest absolute Gasteiger partial charge is 0.325 e. The molecule has 1 fully saturated rings. The molecule has 5 nitrogen and oxygen atoms in total. The molecule has 3 amide bonds. The molecule has 1 N–H and O–H groups in total. The molecule has 152 valence electrons. The van der Waals surface area contributed by atoms with Crippen molar-refractivity contribution in [3.8, 4) is 0 Å². The summed E-state index contributed by atoms with van der Waals surface area (Å²) in [6, 6.07) is 7.07. The molecular weight excluding hydrogens is 385 g/mol. The predicted molar refractivity (Wildman–Crippen MR) is 98.5 cm³/mol. The van der Waals surface area contributed by atoms with Gasteiger partial charge in [-0.3, -0.25) is 14.5 Å². The van der Waals surface area contributed by atoms with Gasteiger partial charge in [0, 0.05) is 5.56 Å². The molecule has 8 heteroatoms. The van der Waals surface area contributed by atoms with Crippen molar-refractivity contribution in [3.05, 3.63) is 71.0 Å². The second-order valence-corrected chi connectivity index (χ2v) is 6.89. The van der Waals surface area contributed by atoms with Gasteiger partial charge in [-0.05, 0) is 42.3 Å². The van der Waals surface area contributed by atoms with Crippen LogP contribution in [0.15, 0.2) is 42.5 Å². The number of nitrogens with zero attached hydrogens (tertiary/aromatic N) is 1. The van der Waals surface area contributed by atoms with E-state index in [1.807, 2.05) is 6.92 Å². The van der Waals surface area contributed by atoms with Crippen LogP contribution < -0.4 is 5.32 Å². The number of urea groups is 1. The van der Waals surface area contributed by atoms with E-state index < -0.39 is 47.3 Å². The number of imide groups is 1. The molecule has 2 aromatic carbocycles. The zero-order chi connectivity index (χ0) is 21.2. The van der Waals surface area contributed by atoms with Gasteiger partial charge in [-0.2, -0.15) is 0 Å². The number of Topliss-reactive ketones (excluding diaryl/α,β-unsaturated/α-hetero) is 1. The topological polar surface area (TPSA) is 66.5 Å². The van der Waals surface area contributed by atoms with Crippen LogP contribution >= 0.6 is 0 Å². The molecule has 0 spiro atoms. The van der Waals surface area contributed by atoms with Crippen LogP contribution in [0.1, 0.15) is 42.1 Å². The second-order valence-electron chi connectivity index (χ2n) is 6.89. The fraction of sp³-hybridized carbons (Fsp3) is 0.286. The number of nitrogens with one attached hydrogen (secondary N) is 1. The van der Waals surface area contributed by atoms with Gasteiger partial charge in [-0.1, -0.05) is 31.9 Å². The minimum absolute atomic E-state index is 0.155. The van der Waals surface area contributed by atoms with E-state index in [0.717, 1.165) is 29.5 Å². The van der Waals surface area contributed by atoms with Crippen LogP contribution in [-0.2, 0) is 10.3 Å². The fourth-order valence-electron chi connectivity index (χ4n) is 3.36. The molecular formula is C21H19F3N2O3. The van der Waals surface area contributed by atoms with Crippen LogP contribution in [0.4, 0.5) is 18.0 Å². The molecule has 0 saturated carbocycles. The Hall–Kier alpha value is -3.16. The van der Waals surface area contributed by atoms with E-state index in [2.05, 4.69) is 5.32 Å². The second kappa shape index (κ2) is 8.06. The standard InChI is InChI=1S/C21H19F3N2O3/c1-2-3-10-21(14-5-7-15(22)8-6-14)19(28)26(20(29)25-21)12-18(27)13-4-9-16(23)17(24)11-13/h4-9,11H,2-3,10,12H2,1H3,(H,25,29). The van der Waals surface area contributed by atoms with Gasteiger partial charge in [0.25, 0.3) is 5.91 Å². The first-order valence-electron chi connectivity index (χ1n) is 9.17. The predicted octanol–water partition coefficient (Wildman–Crippen LogP) is 3.92. The Balaban J connectivity index is 1.90. The first-order valence-corrected chi connectivity index (χ1v) is 9.17. The smallest absolute Gasteiger partial charge is 0.319 e. The molecule has 2 aromatic rings. The number of hydrogen-bond acceptors (Lipinski definition) is 3. The molecule has 0 radical (unpaired) electrons. The van der Waals surface area contributed by atoms with E-state index in [-0.39, 0.29) is 12.0 Å². The maximum atomic E-state index is 13.4. The van der Waals surface area contributed by atoms with Gasteiger partial charge in [0.2, 0.25) is 0 Å². The Morgan fingerprint density at radius 2 is 1.72 bits per heavy atom. The van der Waals surface area contributed by atoms with Gasteiger partial charge in [0.05, 0.1) is 6.54 Å². The summed E-state index contributed by atoms with van der Waals surface area (Å²) in [4.78, 5) is 38.9. The summed E-state index contributed by atoms with van der Waals surface area (Å²) in [5.41, 5.74) is -1.15. The van der Waals surface area contributed by atoms with Crippen molar-refractivity contribution in [3.63, 3.8) is 0 Å². The third-order valence-corrected chi connectivity index (χ3v) is 4.96. The van der Waals surface area contributed by atoms with Crippen molar-refractivity contribution in [1.82, 2.24) is 10.2 Å². The SMILES string of the molecule is CCCCC1(c2ccc(F)cc2)NC(=O)N(CC(=O)c2ccc(F)c(F)c2)C1=O. The monoisotopic (exact) mass is 404 g/mol. The Bertz CT molecular complexity index is 962. The number of benzene rings is 2. The summed E-state index contributed by atoms with van der Waals surface area (Å²) < 4.78 is 39.8. The molecule has 1 atom stereocenters. The lowest BCUT2D eigenvalue weighted by atomic mass is 9.84. The number of hydrogen-bond donors (Lipinski definition) is 1. The van der Waals surface area contributed by atoms with Gasteiger partial charge in [-0.15, -0.1) is 0 Å². The average Bonchev–Trinajstić information content (AvgIpc) is 2.94. The molecule has 1 saturated heterocycles. The molecule has 1 unspecified atom stereocenters. The van der Waals surface area contributed by atoms with Crippen molar-refractivity contribution in [1.29, 1.82) is 0 Å². The molecule has 0 aliphatic carbocycles. The highest BCUT2D eigenvalue weighted by atomic mass is 19.2. The first-order chi connectivity index (χ1) is 13.8. The van der Waals surface area contributed by atoms with Gasteiger partial charge in [0.1, 0.15) is 11.4 Å². The Morgan fingerprint density at radius 1 is 1.03 bits per heavy atom. The highest BCUT2D eigenvalue weighted by molar-refractivity contribution is 6.11. The fourth-order valence-corrected chi connectivity index (χ4v) is 3.36. The zero-order valence-corrected chi connectivity index (χ0v) is 15.7. The molecule has 3 rings (SSSR count). The number of carbonyl (C=O) groups excluding carboxylic acids is 3. The molecule has 0 bridgehead atoms. The summed E-state index contributed by atoms with van der Waals surface area (Å²) in [6.07, 6.45) is 1.63. The minimum atomic E-state index is -1.41. The van der Waals surface area contributed by atoms with E-state index in [1.54, 1.807) is 0 Å². The van der Waals surface area contributed by atoms with Gasteiger partial charge < -0.3 is 5.32 Å². The number of rotatable bonds is 7. The highest BCUT2D eigenvalue weighted by Crippen LogP contribution is 2.34. The molecule has 1 heterocycles. The number of amides is 3. The summed E-state index contributed by atoms with van der Waals surface area (Å²) >= 11 is 0. The van der Waals surface area contributed by atoms with Crippen LogP contribution in [0.2, 0.25) is 0 Å². The normalized spacial score (nSPS) is 18.8. The van der Waals surface area contributed by atoms with Crippen LogP contribution in [-0.4, -0.2) is 29.2 Å². The average molecular weight is 404 g/mol. The molecule has 29 heavy (non-hydrogen) atoms. The Kier molecular flexibility index (Phi) is 5.72. The van der Waals surface area contributed by atoms with E-state index in [0.29, 0.717) is 12.0 Å². The lowest BCUT2D eigenvalue weighted by Crippen LogP contribution is -2.44. The summed E-state index contributed by atoms with van der Waals surface area (Å²) in [7, 11) is 0. The third kappa shape index (κ3) is 3.87. The molecule has 1 aliphatic heterocycles. The summed E-state index contributed by atoms with van der Waals surface area (Å²) in [5.74, 6) is -4.14. The minimum Gasteiger partial charge on any atom is -0.319 e. The maximum absolute atomic E-state index is 13.4. The number of unbranched alkanes of at least 4 members (excludes halogenated alkanes) is 1. The number of halogens is 3. The van der Waals surface area contributed by atoms with Crippen molar-refractivity contribution < 1.29 is 27.6 Å². The van der Waals surface area contributed by atoms with E-state index in [4.69, 9.17) is 0 Å². The van der Waals surface area contributed by atoms with Gasteiger partial charge in [0.15, 0.2) is 17.4 Å². The number of ketones is 1. The molecule has 1 aliphatic rings. The summed E-state index contributed by atoms with van der Waals surface area (Å²) in [6.45, 7) is 1.30. The van der Waals surface area contributed by atoms with Crippen LogP contribution in [0.5, 0.6) is 0 Å². The molecule has 0 aromatic heterocycles. The van der Waals surface area contributed by atoms with Crippen LogP contribution in [0, 0.1) is 17.5 Å². The quantitative estimate of drug-likeness (QED) is 0.562. The maximum Gasteiger partial charge on any atom is 0.325 e. The lowest BCUT2D eigenvalue weighted by molar-refractivity contribution is -0.131. The summed E-state index contributed by atoms with van der Waals surface area (Å²) in [5, 5.41) is 2.64. The van der Waals surface area contributed by atoms with Gasteiger partial charge >= 0.3 is 6.03 Å². The Morgan fingerprint density at radius 3 is 2.34 bits per heavy atom. The van der Waals surface area contributed by atoms with Crippen LogP contribution in [0.3, 0.4) is 0 Å². The Labute approximate surface area is 165 Å². The first kappa shape index (κ1) is 20.6. The van der Waals surface area contributed by atoms with E-state index >= 15 is 0 Å².